The van der Waals surface area contributed by atoms with E-state index in [-0.39, 0.29) is 0 Å². The maximum atomic E-state index is 12.8. The lowest BCUT2D eigenvalue weighted by molar-refractivity contribution is -0.139. The average Bonchev–Trinajstić information content (AvgIpc) is 2.73. The predicted octanol–water partition coefficient (Wildman–Crippen LogP) is 8.06. The van der Waals surface area contributed by atoms with Crippen LogP contribution in [0.1, 0.15) is 74.8 Å². The molecule has 1 aliphatic rings. The number of nitriles is 2. The molecule has 0 bridgehead atoms. The molecule has 0 aromatic heterocycles. The van der Waals surface area contributed by atoms with E-state index in [4.69, 9.17) is 10.5 Å². The van der Waals surface area contributed by atoms with Crippen molar-refractivity contribution in [3.05, 3.63) is 69.8 Å². The largest absolute Gasteiger partial charge is 0.418 e. The molecule has 0 atom stereocenters. The third kappa shape index (κ3) is 9.66. The molecule has 2 aromatic carbocycles. The molecule has 37 heavy (non-hydrogen) atoms. The van der Waals surface area contributed by atoms with Gasteiger partial charge in [0.25, 0.3) is 0 Å². The lowest BCUT2D eigenvalue weighted by Gasteiger charge is -2.42. The van der Waals surface area contributed by atoms with Crippen molar-refractivity contribution in [2.75, 3.05) is 0 Å². The zero-order valence-corrected chi connectivity index (χ0v) is 20.9. The zero-order chi connectivity index (χ0) is 28.8. The minimum Gasteiger partial charge on any atom is -0.307 e. The fourth-order valence-corrected chi connectivity index (χ4v) is 4.01. The number of benzene rings is 2. The van der Waals surface area contributed by atoms with Crippen molar-refractivity contribution in [2.45, 2.75) is 77.3 Å². The number of piperidine rings is 1. The number of halogens is 8. The normalized spacial score (nSPS) is 16.2. The van der Waals surface area contributed by atoms with Gasteiger partial charge in [0.2, 0.25) is 0 Å². The van der Waals surface area contributed by atoms with Crippen LogP contribution in [0, 0.1) is 41.2 Å². The summed E-state index contributed by atoms with van der Waals surface area (Å²) in [6.45, 7) is 10.1. The summed E-state index contributed by atoms with van der Waals surface area (Å²) in [5, 5.41) is 20.4. The molecule has 2 aromatic rings. The Balaban J connectivity index is 0.000000281. The Morgan fingerprint density at radius 3 is 1.65 bits per heavy atom. The molecule has 0 saturated carbocycles. The molecule has 3 rings (SSSR count). The number of hydrogen-bond acceptors (Lipinski definition) is 3. The molecule has 1 heterocycles. The van der Waals surface area contributed by atoms with Crippen molar-refractivity contribution in [3.63, 3.8) is 0 Å². The Hall–Kier alpha value is -3.18. The van der Waals surface area contributed by atoms with Gasteiger partial charge in [-0.1, -0.05) is 0 Å². The molecular weight excluding hydrogens is 506 g/mol. The highest BCUT2D eigenvalue weighted by molar-refractivity contribution is 5.44. The second-order valence-corrected chi connectivity index (χ2v) is 9.75. The smallest absolute Gasteiger partial charge is 0.307 e. The molecule has 0 amide bonds. The second kappa shape index (κ2) is 11.9. The molecule has 0 unspecified atom stereocenters. The first-order valence-corrected chi connectivity index (χ1v) is 11.1. The van der Waals surface area contributed by atoms with E-state index in [0.717, 1.165) is 31.2 Å². The monoisotopic (exact) mass is 533 g/mol. The van der Waals surface area contributed by atoms with Crippen LogP contribution in [-0.4, -0.2) is 11.1 Å². The Morgan fingerprint density at radius 2 is 1.27 bits per heavy atom. The molecule has 3 nitrogen and oxygen atoms in total. The van der Waals surface area contributed by atoms with Crippen LogP contribution in [0.5, 0.6) is 0 Å². The quantitative estimate of drug-likeness (QED) is 0.349. The van der Waals surface area contributed by atoms with E-state index in [1.54, 1.807) is 0 Å². The van der Waals surface area contributed by atoms with Gasteiger partial charge in [-0.3, -0.25) is 0 Å². The van der Waals surface area contributed by atoms with E-state index in [2.05, 4.69) is 33.0 Å². The second-order valence-electron chi connectivity index (χ2n) is 9.75. The molecule has 202 valence electrons. The summed E-state index contributed by atoms with van der Waals surface area (Å²) in [6, 6.07) is 6.32. The van der Waals surface area contributed by atoms with Crippen molar-refractivity contribution >= 4 is 0 Å². The average molecular weight is 534 g/mol. The van der Waals surface area contributed by atoms with E-state index in [1.165, 1.54) is 31.4 Å². The van der Waals surface area contributed by atoms with Crippen molar-refractivity contribution in [2.24, 2.45) is 0 Å². The summed E-state index contributed by atoms with van der Waals surface area (Å²) in [5.74, 6) is -1.97. The number of alkyl halides is 6. The Labute approximate surface area is 210 Å². The molecule has 0 aliphatic carbocycles. The van der Waals surface area contributed by atoms with Crippen LogP contribution in [-0.2, 0) is 12.4 Å². The molecule has 1 N–H and O–H groups in total. The number of nitrogens with one attached hydrogen (secondary N) is 1. The highest BCUT2D eigenvalue weighted by Gasteiger charge is 2.36. The van der Waals surface area contributed by atoms with Crippen LogP contribution in [0.25, 0.3) is 0 Å². The van der Waals surface area contributed by atoms with E-state index in [1.807, 2.05) is 0 Å². The van der Waals surface area contributed by atoms with Gasteiger partial charge in [-0.25, -0.2) is 8.78 Å². The molecule has 1 fully saturated rings. The van der Waals surface area contributed by atoms with Crippen molar-refractivity contribution in [3.8, 4) is 12.1 Å². The third-order valence-electron chi connectivity index (χ3n) is 5.49. The highest BCUT2D eigenvalue weighted by Crippen LogP contribution is 2.35. The zero-order valence-electron chi connectivity index (χ0n) is 20.9. The van der Waals surface area contributed by atoms with Crippen LogP contribution in [0.15, 0.2) is 30.3 Å². The number of rotatable bonds is 0. The minimum atomic E-state index is -4.70. The molecule has 1 saturated heterocycles. The van der Waals surface area contributed by atoms with Crippen molar-refractivity contribution in [1.29, 1.82) is 10.5 Å². The van der Waals surface area contributed by atoms with E-state index < -0.39 is 51.8 Å². The lowest BCUT2D eigenvalue weighted by atomic mass is 9.83. The van der Waals surface area contributed by atoms with Gasteiger partial charge in [-0.05, 0) is 89.8 Å². The number of nitrogens with zero attached hydrogens (tertiary/aromatic N) is 2. The van der Waals surface area contributed by atoms with Crippen LogP contribution in [0.4, 0.5) is 35.1 Å². The molecule has 0 spiro atoms. The summed E-state index contributed by atoms with van der Waals surface area (Å²) in [4.78, 5) is 0. The van der Waals surface area contributed by atoms with Gasteiger partial charge in [0.1, 0.15) is 11.6 Å². The Bertz CT molecular complexity index is 1150. The molecule has 0 radical (unpaired) electrons. The number of hydrogen-bond donors (Lipinski definition) is 1. The minimum absolute atomic E-state index is 0.304. The maximum absolute atomic E-state index is 12.8. The fraction of sp³-hybridized carbons (Fsp3) is 0.462. The predicted molar refractivity (Wildman–Crippen MR) is 122 cm³/mol. The fourth-order valence-electron chi connectivity index (χ4n) is 4.01. The van der Waals surface area contributed by atoms with Crippen LogP contribution >= 0.6 is 0 Å². The summed E-state index contributed by atoms with van der Waals surface area (Å²) in [5.41, 5.74) is -3.39. The Morgan fingerprint density at radius 1 is 0.784 bits per heavy atom. The summed E-state index contributed by atoms with van der Waals surface area (Å²) < 4.78 is 98.6. The highest BCUT2D eigenvalue weighted by atomic mass is 19.4. The van der Waals surface area contributed by atoms with Crippen LogP contribution in [0.3, 0.4) is 0 Å². The van der Waals surface area contributed by atoms with E-state index in [9.17, 15) is 35.1 Å². The van der Waals surface area contributed by atoms with Gasteiger partial charge in [0.15, 0.2) is 0 Å². The van der Waals surface area contributed by atoms with Crippen molar-refractivity contribution < 1.29 is 35.1 Å². The standard InChI is InChI=1S/C9H5F4N.C9H19N.C8H3F4N/c1-5-7(10)3-2-6(4-14)8(5)9(11,12)13;1-8(2)6-5-7-9(3,4)10-8;9-6-2-1-5(4-13)7(3-6)8(10,11)12/h2-3H,1H3;10H,5-7H2,1-4H3;1-3H. The SMILES string of the molecule is CC1(C)CCCC(C)(C)N1.Cc1c(F)ccc(C#N)c1C(F)(F)F.N#Cc1ccc(F)cc1C(F)(F)F. The van der Waals surface area contributed by atoms with Crippen molar-refractivity contribution in [1.82, 2.24) is 5.32 Å². The summed E-state index contributed by atoms with van der Waals surface area (Å²) in [7, 11) is 0. The van der Waals surface area contributed by atoms with Gasteiger partial charge >= 0.3 is 12.4 Å². The van der Waals surface area contributed by atoms with Gasteiger partial charge in [0, 0.05) is 11.1 Å². The first-order chi connectivity index (χ1) is 16.7. The molecule has 11 heteroatoms. The van der Waals surface area contributed by atoms with Gasteiger partial charge in [-0.15, -0.1) is 0 Å². The summed E-state index contributed by atoms with van der Waals surface area (Å²) in [6.07, 6.45) is -5.38. The van der Waals surface area contributed by atoms with Gasteiger partial charge in [-0.2, -0.15) is 36.9 Å². The van der Waals surface area contributed by atoms with Gasteiger partial charge in [0.05, 0.1) is 34.4 Å². The first kappa shape index (κ1) is 31.8. The lowest BCUT2D eigenvalue weighted by Crippen LogP contribution is -2.55. The first-order valence-electron chi connectivity index (χ1n) is 11.1. The summed E-state index contributed by atoms with van der Waals surface area (Å²) >= 11 is 0. The van der Waals surface area contributed by atoms with Gasteiger partial charge < -0.3 is 5.32 Å². The Kier molecular flexibility index (Phi) is 10.3. The molecule has 1 aliphatic heterocycles. The van der Waals surface area contributed by atoms with E-state index >= 15 is 0 Å². The third-order valence-corrected chi connectivity index (χ3v) is 5.49. The topological polar surface area (TPSA) is 59.6 Å². The molecular formula is C26H27F8N3. The van der Waals surface area contributed by atoms with Crippen LogP contribution < -0.4 is 5.32 Å². The van der Waals surface area contributed by atoms with Crippen LogP contribution in [0.2, 0.25) is 0 Å². The van der Waals surface area contributed by atoms with E-state index in [0.29, 0.717) is 17.1 Å². The maximum Gasteiger partial charge on any atom is 0.418 e.